The highest BCUT2D eigenvalue weighted by Gasteiger charge is 2.19. The smallest absolute Gasteiger partial charge is 0.306 e. The summed E-state index contributed by atoms with van der Waals surface area (Å²) in [4.78, 5) is 24.1. The molecule has 2 aromatic rings. The molecular weight excluding hydrogens is 367 g/mol. The van der Waals surface area contributed by atoms with Crippen LogP contribution in [0.1, 0.15) is 30.4 Å². The maximum atomic E-state index is 12.1. The second kappa shape index (κ2) is 8.36. The summed E-state index contributed by atoms with van der Waals surface area (Å²) in [6.45, 7) is 5.09. The van der Waals surface area contributed by atoms with Crippen LogP contribution in [-0.2, 0) is 20.7 Å². The molecule has 6 nitrogen and oxygen atoms in total. The molecule has 134 valence electrons. The third kappa shape index (κ3) is 5.47. The molecule has 0 unspecified atom stereocenters. The molecule has 0 aliphatic heterocycles. The Morgan fingerprint density at radius 1 is 1.24 bits per heavy atom. The van der Waals surface area contributed by atoms with E-state index in [1.165, 1.54) is 6.92 Å². The lowest BCUT2D eigenvalue weighted by Crippen LogP contribution is -2.30. The van der Waals surface area contributed by atoms with Gasteiger partial charge >= 0.3 is 5.97 Å². The number of hydrogen-bond donors (Lipinski definition) is 1. The first-order valence-corrected chi connectivity index (χ1v) is 8.40. The van der Waals surface area contributed by atoms with E-state index in [9.17, 15) is 9.59 Å². The van der Waals surface area contributed by atoms with Gasteiger partial charge in [0.15, 0.2) is 6.10 Å². The number of benzene rings is 1. The highest BCUT2D eigenvalue weighted by atomic mass is 35.5. The Labute approximate surface area is 155 Å². The maximum absolute atomic E-state index is 12.1. The molecule has 0 radical (unpaired) electrons. The number of nitrogens with one attached hydrogen (secondary N) is 1. The summed E-state index contributed by atoms with van der Waals surface area (Å²) < 4.78 is 10.2. The van der Waals surface area contributed by atoms with E-state index in [1.54, 1.807) is 25.1 Å². The van der Waals surface area contributed by atoms with Crippen LogP contribution in [0, 0.1) is 13.8 Å². The number of carbonyl (C=O) groups is 2. The van der Waals surface area contributed by atoms with Crippen molar-refractivity contribution in [2.45, 2.75) is 39.7 Å². The molecule has 0 saturated carbocycles. The van der Waals surface area contributed by atoms with E-state index in [4.69, 9.17) is 32.5 Å². The Morgan fingerprint density at radius 3 is 2.44 bits per heavy atom. The fourth-order valence-electron chi connectivity index (χ4n) is 2.27. The Kier molecular flexibility index (Phi) is 6.45. The number of esters is 1. The first kappa shape index (κ1) is 19.3. The Morgan fingerprint density at radius 2 is 1.88 bits per heavy atom. The van der Waals surface area contributed by atoms with Gasteiger partial charge in [0.05, 0.1) is 5.69 Å². The summed E-state index contributed by atoms with van der Waals surface area (Å²) in [5.41, 5.74) is 2.05. The molecular formula is C17H18Cl2N2O4. The molecule has 25 heavy (non-hydrogen) atoms. The molecule has 0 saturated heterocycles. The first-order chi connectivity index (χ1) is 11.8. The van der Waals surface area contributed by atoms with Gasteiger partial charge < -0.3 is 14.6 Å². The average molecular weight is 385 g/mol. The molecule has 8 heteroatoms. The summed E-state index contributed by atoms with van der Waals surface area (Å²) >= 11 is 11.8. The summed E-state index contributed by atoms with van der Waals surface area (Å²) in [5.74, 6) is -0.273. The van der Waals surface area contributed by atoms with Crippen LogP contribution in [0.25, 0.3) is 0 Å². The van der Waals surface area contributed by atoms with E-state index in [-0.39, 0.29) is 6.42 Å². The van der Waals surface area contributed by atoms with Gasteiger partial charge in [-0.2, -0.15) is 0 Å². The lowest BCUT2D eigenvalue weighted by atomic mass is 10.1. The highest BCUT2D eigenvalue weighted by Crippen LogP contribution is 2.22. The van der Waals surface area contributed by atoms with Crippen molar-refractivity contribution in [1.29, 1.82) is 0 Å². The number of hydrogen-bond acceptors (Lipinski definition) is 5. The van der Waals surface area contributed by atoms with Gasteiger partial charge in [-0.1, -0.05) is 28.4 Å². The van der Waals surface area contributed by atoms with Gasteiger partial charge in [0.25, 0.3) is 5.91 Å². The fraction of sp³-hybridized carbons (Fsp3) is 0.353. The molecule has 1 amide bonds. The van der Waals surface area contributed by atoms with E-state index in [0.29, 0.717) is 27.9 Å². The van der Waals surface area contributed by atoms with Crippen molar-refractivity contribution in [3.05, 3.63) is 45.3 Å². The van der Waals surface area contributed by atoms with E-state index >= 15 is 0 Å². The standard InChI is InChI=1S/C17H18Cl2N2O4/c1-9-15(10(2)25-21-9)4-5-16(22)24-11(3)17(23)20-14-7-12(18)6-13(19)8-14/h6-8,11H,4-5H2,1-3H3,(H,20,23)/t11-/m1/s1. The predicted molar refractivity (Wildman–Crippen MR) is 94.9 cm³/mol. The Hall–Kier alpha value is -2.05. The molecule has 1 N–H and O–H groups in total. The second-order valence-electron chi connectivity index (χ2n) is 5.58. The number of rotatable bonds is 6. The second-order valence-corrected chi connectivity index (χ2v) is 6.46. The number of ether oxygens (including phenoxy) is 1. The maximum Gasteiger partial charge on any atom is 0.306 e. The number of aryl methyl sites for hydroxylation is 2. The fourth-order valence-corrected chi connectivity index (χ4v) is 2.79. The van der Waals surface area contributed by atoms with Crippen molar-refractivity contribution in [1.82, 2.24) is 5.16 Å². The van der Waals surface area contributed by atoms with Crippen LogP contribution >= 0.6 is 23.2 Å². The van der Waals surface area contributed by atoms with Crippen molar-refractivity contribution in [3.8, 4) is 0 Å². The van der Waals surface area contributed by atoms with Crippen molar-refractivity contribution >= 4 is 40.8 Å². The SMILES string of the molecule is Cc1noc(C)c1CCC(=O)O[C@H](C)C(=O)Nc1cc(Cl)cc(Cl)c1. The monoisotopic (exact) mass is 384 g/mol. The number of halogens is 2. The van der Waals surface area contributed by atoms with Crippen LogP contribution in [0.5, 0.6) is 0 Å². The lowest BCUT2D eigenvalue weighted by Gasteiger charge is -2.14. The predicted octanol–water partition coefficient (Wildman–Crippen LogP) is 4.10. The van der Waals surface area contributed by atoms with Gasteiger partial charge in [0.2, 0.25) is 0 Å². The molecule has 0 fully saturated rings. The van der Waals surface area contributed by atoms with E-state index in [1.807, 2.05) is 6.92 Å². The largest absolute Gasteiger partial charge is 0.453 e. The average Bonchev–Trinajstić information content (AvgIpc) is 2.82. The van der Waals surface area contributed by atoms with Gasteiger partial charge in [-0.3, -0.25) is 9.59 Å². The normalized spacial score (nSPS) is 11.9. The zero-order chi connectivity index (χ0) is 18.6. The number of carbonyl (C=O) groups excluding carboxylic acids is 2. The van der Waals surface area contributed by atoms with Crippen molar-refractivity contribution in [3.63, 3.8) is 0 Å². The minimum atomic E-state index is -0.949. The summed E-state index contributed by atoms with van der Waals surface area (Å²) in [6.07, 6.45) is -0.378. The van der Waals surface area contributed by atoms with Gasteiger partial charge in [-0.25, -0.2) is 0 Å². The summed E-state index contributed by atoms with van der Waals surface area (Å²) in [7, 11) is 0. The number of aromatic nitrogens is 1. The quantitative estimate of drug-likeness (QED) is 0.758. The molecule has 0 aliphatic rings. The van der Waals surface area contributed by atoms with Crippen molar-refractivity contribution in [2.75, 3.05) is 5.32 Å². The van der Waals surface area contributed by atoms with E-state index < -0.39 is 18.0 Å². The third-order valence-corrected chi connectivity index (χ3v) is 4.00. The van der Waals surface area contributed by atoms with Crippen LogP contribution < -0.4 is 5.32 Å². The van der Waals surface area contributed by atoms with Crippen molar-refractivity contribution in [2.24, 2.45) is 0 Å². The zero-order valence-electron chi connectivity index (χ0n) is 14.1. The Bertz CT molecular complexity index is 749. The van der Waals surface area contributed by atoms with E-state index in [0.717, 1.165) is 11.3 Å². The first-order valence-electron chi connectivity index (χ1n) is 7.64. The van der Waals surface area contributed by atoms with E-state index in [2.05, 4.69) is 10.5 Å². The molecule has 1 aromatic carbocycles. The molecule has 2 rings (SSSR count). The third-order valence-electron chi connectivity index (χ3n) is 3.57. The van der Waals surface area contributed by atoms with Crippen LogP contribution in [-0.4, -0.2) is 23.1 Å². The van der Waals surface area contributed by atoms with Gasteiger partial charge in [-0.15, -0.1) is 0 Å². The number of nitrogens with zero attached hydrogens (tertiary/aromatic N) is 1. The molecule has 1 heterocycles. The minimum Gasteiger partial charge on any atom is -0.453 e. The van der Waals surface area contributed by atoms with Crippen LogP contribution in [0.15, 0.2) is 22.7 Å². The molecule has 1 atom stereocenters. The lowest BCUT2D eigenvalue weighted by molar-refractivity contribution is -0.153. The molecule has 0 aliphatic carbocycles. The van der Waals surface area contributed by atoms with Gasteiger partial charge in [0.1, 0.15) is 5.76 Å². The summed E-state index contributed by atoms with van der Waals surface area (Å²) in [5, 5.41) is 7.23. The minimum absolute atomic E-state index is 0.128. The van der Waals surface area contributed by atoms with Gasteiger partial charge in [0, 0.05) is 27.7 Å². The summed E-state index contributed by atoms with van der Waals surface area (Å²) in [6, 6.07) is 4.66. The Balaban J connectivity index is 1.86. The van der Waals surface area contributed by atoms with Crippen LogP contribution in [0.2, 0.25) is 10.0 Å². The van der Waals surface area contributed by atoms with Gasteiger partial charge in [-0.05, 0) is 45.4 Å². The number of amides is 1. The molecule has 1 aromatic heterocycles. The number of anilines is 1. The zero-order valence-corrected chi connectivity index (χ0v) is 15.6. The van der Waals surface area contributed by atoms with Crippen LogP contribution in [0.3, 0.4) is 0 Å². The molecule has 0 spiro atoms. The molecule has 0 bridgehead atoms. The topological polar surface area (TPSA) is 81.4 Å². The van der Waals surface area contributed by atoms with Crippen molar-refractivity contribution < 1.29 is 18.8 Å². The highest BCUT2D eigenvalue weighted by molar-refractivity contribution is 6.35. The van der Waals surface area contributed by atoms with Crippen LogP contribution in [0.4, 0.5) is 5.69 Å².